The van der Waals surface area contributed by atoms with Crippen LogP contribution in [0.1, 0.15) is 52.5 Å². The SMILES string of the molecule is CCCN(Cc1cccc(C(=O)Nc2ccccc2)c1)C1CCN(C(=O)c2ccccc2)CC1. The van der Waals surface area contributed by atoms with E-state index in [0.717, 1.165) is 62.3 Å². The zero-order valence-electron chi connectivity index (χ0n) is 19.8. The van der Waals surface area contributed by atoms with E-state index >= 15 is 0 Å². The molecule has 1 N–H and O–H groups in total. The molecule has 34 heavy (non-hydrogen) atoms. The number of benzene rings is 3. The monoisotopic (exact) mass is 455 g/mol. The van der Waals surface area contributed by atoms with Gasteiger partial charge in [0.2, 0.25) is 0 Å². The van der Waals surface area contributed by atoms with Crippen LogP contribution in [0.4, 0.5) is 5.69 Å². The van der Waals surface area contributed by atoms with Crippen LogP contribution in [0.5, 0.6) is 0 Å². The molecule has 3 aromatic carbocycles. The zero-order chi connectivity index (χ0) is 23.8. The molecule has 5 nitrogen and oxygen atoms in total. The van der Waals surface area contributed by atoms with Gasteiger partial charge in [0, 0.05) is 42.5 Å². The van der Waals surface area contributed by atoms with Crippen molar-refractivity contribution in [3.8, 4) is 0 Å². The van der Waals surface area contributed by atoms with E-state index in [-0.39, 0.29) is 11.8 Å². The van der Waals surface area contributed by atoms with Gasteiger partial charge >= 0.3 is 0 Å². The topological polar surface area (TPSA) is 52.7 Å². The van der Waals surface area contributed by atoms with Gasteiger partial charge in [-0.05, 0) is 67.8 Å². The highest BCUT2D eigenvalue weighted by Gasteiger charge is 2.27. The maximum atomic E-state index is 12.8. The highest BCUT2D eigenvalue weighted by Crippen LogP contribution is 2.22. The number of likely N-dealkylation sites (tertiary alicyclic amines) is 1. The van der Waals surface area contributed by atoms with E-state index in [9.17, 15) is 9.59 Å². The van der Waals surface area contributed by atoms with Crippen LogP contribution in [0.25, 0.3) is 0 Å². The molecule has 0 atom stereocenters. The predicted octanol–water partition coefficient (Wildman–Crippen LogP) is 5.46. The van der Waals surface area contributed by atoms with Crippen LogP contribution >= 0.6 is 0 Å². The number of carbonyl (C=O) groups excluding carboxylic acids is 2. The minimum absolute atomic E-state index is 0.0946. The number of carbonyl (C=O) groups is 2. The Hall–Kier alpha value is -3.44. The molecular weight excluding hydrogens is 422 g/mol. The van der Waals surface area contributed by atoms with Gasteiger partial charge in [0.15, 0.2) is 0 Å². The fourth-order valence-corrected chi connectivity index (χ4v) is 4.65. The van der Waals surface area contributed by atoms with Crippen molar-refractivity contribution in [3.63, 3.8) is 0 Å². The zero-order valence-corrected chi connectivity index (χ0v) is 19.8. The number of amides is 2. The van der Waals surface area contributed by atoms with Crippen molar-refractivity contribution in [2.75, 3.05) is 25.0 Å². The lowest BCUT2D eigenvalue weighted by atomic mass is 10.0. The largest absolute Gasteiger partial charge is 0.339 e. The van der Waals surface area contributed by atoms with Gasteiger partial charge in [-0.25, -0.2) is 0 Å². The smallest absolute Gasteiger partial charge is 0.255 e. The predicted molar refractivity (Wildman–Crippen MR) is 137 cm³/mol. The summed E-state index contributed by atoms with van der Waals surface area (Å²) < 4.78 is 0. The highest BCUT2D eigenvalue weighted by molar-refractivity contribution is 6.04. The molecule has 4 rings (SSSR count). The van der Waals surface area contributed by atoms with Gasteiger partial charge in [-0.15, -0.1) is 0 Å². The number of hydrogen-bond donors (Lipinski definition) is 1. The third kappa shape index (κ3) is 6.12. The van der Waals surface area contributed by atoms with Crippen molar-refractivity contribution in [2.24, 2.45) is 0 Å². The standard InChI is InChI=1S/C29H33N3O2/c1-2-18-32(27-16-19-31(20-17-27)29(34)24-11-5-3-6-12-24)22-23-10-9-13-25(21-23)28(33)30-26-14-7-4-8-15-26/h3-15,21,27H,2,16-20,22H2,1H3,(H,30,33). The lowest BCUT2D eigenvalue weighted by Gasteiger charge is -2.38. The van der Waals surface area contributed by atoms with Crippen LogP contribution < -0.4 is 5.32 Å². The Bertz CT molecular complexity index is 1080. The lowest BCUT2D eigenvalue weighted by molar-refractivity contribution is 0.0607. The minimum Gasteiger partial charge on any atom is -0.339 e. The third-order valence-corrected chi connectivity index (χ3v) is 6.41. The van der Waals surface area contributed by atoms with Crippen molar-refractivity contribution in [3.05, 3.63) is 102 Å². The molecule has 5 heteroatoms. The summed E-state index contributed by atoms with van der Waals surface area (Å²) in [6.07, 6.45) is 3.00. The first-order valence-corrected chi connectivity index (χ1v) is 12.2. The van der Waals surface area contributed by atoms with Gasteiger partial charge in [-0.1, -0.05) is 55.5 Å². The Labute approximate surface area is 202 Å². The number of piperidine rings is 1. The molecule has 1 heterocycles. The van der Waals surface area contributed by atoms with Gasteiger partial charge in [-0.3, -0.25) is 14.5 Å². The first-order chi connectivity index (χ1) is 16.6. The summed E-state index contributed by atoms with van der Waals surface area (Å²) in [6, 6.07) is 27.4. The molecule has 0 radical (unpaired) electrons. The number of anilines is 1. The van der Waals surface area contributed by atoms with Crippen LogP contribution in [-0.4, -0.2) is 47.3 Å². The molecule has 3 aromatic rings. The fraction of sp³-hybridized carbons (Fsp3) is 0.310. The van der Waals surface area contributed by atoms with Crippen LogP contribution in [0.3, 0.4) is 0 Å². The molecule has 0 aliphatic carbocycles. The van der Waals surface area contributed by atoms with E-state index in [2.05, 4.69) is 23.2 Å². The maximum Gasteiger partial charge on any atom is 0.255 e. The molecule has 176 valence electrons. The van der Waals surface area contributed by atoms with E-state index in [1.54, 1.807) is 0 Å². The van der Waals surface area contributed by atoms with E-state index in [0.29, 0.717) is 11.6 Å². The molecule has 1 aliphatic heterocycles. The normalized spacial score (nSPS) is 14.2. The van der Waals surface area contributed by atoms with Crippen molar-refractivity contribution >= 4 is 17.5 Å². The molecule has 0 aromatic heterocycles. The molecule has 2 amide bonds. The summed E-state index contributed by atoms with van der Waals surface area (Å²) in [6.45, 7) is 5.55. The van der Waals surface area contributed by atoms with Crippen LogP contribution in [0.15, 0.2) is 84.9 Å². The van der Waals surface area contributed by atoms with Crippen LogP contribution in [0.2, 0.25) is 0 Å². The molecule has 0 saturated carbocycles. The number of para-hydroxylation sites is 1. The Kier molecular flexibility index (Phi) is 8.10. The minimum atomic E-state index is -0.0946. The van der Waals surface area contributed by atoms with Crippen molar-refractivity contribution in [1.82, 2.24) is 9.80 Å². The number of hydrogen-bond acceptors (Lipinski definition) is 3. The Morgan fingerprint density at radius 3 is 2.21 bits per heavy atom. The van der Waals surface area contributed by atoms with Gasteiger partial charge in [-0.2, -0.15) is 0 Å². The summed E-state index contributed by atoms with van der Waals surface area (Å²) in [5.74, 6) is 0.0287. The van der Waals surface area contributed by atoms with Gasteiger partial charge in [0.1, 0.15) is 0 Å². The van der Waals surface area contributed by atoms with Crippen molar-refractivity contribution in [2.45, 2.75) is 38.8 Å². The van der Waals surface area contributed by atoms with E-state index in [1.807, 2.05) is 83.8 Å². The van der Waals surface area contributed by atoms with E-state index in [1.165, 1.54) is 0 Å². The summed E-state index contributed by atoms with van der Waals surface area (Å²) in [7, 11) is 0. The summed E-state index contributed by atoms with van der Waals surface area (Å²) in [5, 5.41) is 2.97. The number of nitrogens with one attached hydrogen (secondary N) is 1. The molecule has 1 aliphatic rings. The second-order valence-electron chi connectivity index (χ2n) is 8.88. The van der Waals surface area contributed by atoms with Gasteiger partial charge < -0.3 is 10.2 Å². The highest BCUT2D eigenvalue weighted by atomic mass is 16.2. The molecule has 0 spiro atoms. The van der Waals surface area contributed by atoms with E-state index < -0.39 is 0 Å². The molecule has 0 bridgehead atoms. The summed E-state index contributed by atoms with van der Waals surface area (Å²) in [5.41, 5.74) is 3.36. The summed E-state index contributed by atoms with van der Waals surface area (Å²) >= 11 is 0. The Balaban J connectivity index is 1.37. The van der Waals surface area contributed by atoms with Gasteiger partial charge in [0.25, 0.3) is 11.8 Å². The Morgan fingerprint density at radius 2 is 1.53 bits per heavy atom. The second-order valence-corrected chi connectivity index (χ2v) is 8.88. The van der Waals surface area contributed by atoms with Crippen LogP contribution in [0, 0.1) is 0 Å². The lowest BCUT2D eigenvalue weighted by Crippen LogP contribution is -2.46. The van der Waals surface area contributed by atoms with E-state index in [4.69, 9.17) is 0 Å². The average molecular weight is 456 g/mol. The van der Waals surface area contributed by atoms with Crippen molar-refractivity contribution < 1.29 is 9.59 Å². The molecule has 1 fully saturated rings. The molecule has 0 unspecified atom stereocenters. The third-order valence-electron chi connectivity index (χ3n) is 6.41. The van der Waals surface area contributed by atoms with Crippen molar-refractivity contribution in [1.29, 1.82) is 0 Å². The van der Waals surface area contributed by atoms with Gasteiger partial charge in [0.05, 0.1) is 0 Å². The summed E-state index contributed by atoms with van der Waals surface area (Å²) in [4.78, 5) is 30.0. The molecular formula is C29H33N3O2. The number of nitrogens with zero attached hydrogens (tertiary/aromatic N) is 2. The fourth-order valence-electron chi connectivity index (χ4n) is 4.65. The maximum absolute atomic E-state index is 12.8. The Morgan fingerprint density at radius 1 is 0.882 bits per heavy atom. The number of rotatable bonds is 8. The first kappa shape index (κ1) is 23.7. The molecule has 1 saturated heterocycles. The first-order valence-electron chi connectivity index (χ1n) is 12.2. The quantitative estimate of drug-likeness (QED) is 0.491. The van der Waals surface area contributed by atoms with Crippen LogP contribution in [-0.2, 0) is 6.54 Å². The second kappa shape index (κ2) is 11.6. The average Bonchev–Trinajstić information content (AvgIpc) is 2.89.